The van der Waals surface area contributed by atoms with Gasteiger partial charge in [0.1, 0.15) is 5.65 Å². The van der Waals surface area contributed by atoms with Crippen LogP contribution in [0.25, 0.3) is 22.2 Å². The highest BCUT2D eigenvalue weighted by Crippen LogP contribution is 2.36. The number of aromatic nitrogens is 3. The van der Waals surface area contributed by atoms with Gasteiger partial charge in [-0.15, -0.1) is 12.4 Å². The Labute approximate surface area is 232 Å². The second-order valence-corrected chi connectivity index (χ2v) is 11.1. The summed E-state index contributed by atoms with van der Waals surface area (Å²) in [6.07, 6.45) is 8.79. The van der Waals surface area contributed by atoms with Crippen LogP contribution < -0.4 is 10.6 Å². The van der Waals surface area contributed by atoms with Crippen molar-refractivity contribution in [1.82, 2.24) is 29.7 Å². The first kappa shape index (κ1) is 27.3. The zero-order chi connectivity index (χ0) is 25.2. The quantitative estimate of drug-likeness (QED) is 0.400. The van der Waals surface area contributed by atoms with Crippen LogP contribution in [0.4, 0.5) is 5.95 Å². The second kappa shape index (κ2) is 12.3. The van der Waals surface area contributed by atoms with Crippen LogP contribution in [0.5, 0.6) is 0 Å². The number of aliphatic hydroxyl groups excluding tert-OH is 1. The minimum absolute atomic E-state index is 0. The van der Waals surface area contributed by atoms with Gasteiger partial charge in [-0.3, -0.25) is 9.80 Å². The number of piperazine rings is 1. The Morgan fingerprint density at radius 1 is 1.00 bits per heavy atom. The van der Waals surface area contributed by atoms with Crippen molar-refractivity contribution in [2.45, 2.75) is 63.8 Å². The Bertz CT molecular complexity index is 1180. The number of nitrogens with zero attached hydrogens (tertiary/aromatic N) is 5. The third kappa shape index (κ3) is 5.84. The smallest absolute Gasteiger partial charge is 0.224 e. The Morgan fingerprint density at radius 3 is 2.39 bits per heavy atom. The fraction of sp³-hybridized carbons (Fsp3) is 0.586. The molecule has 0 bridgehead atoms. The van der Waals surface area contributed by atoms with Crippen molar-refractivity contribution in [2.24, 2.45) is 0 Å². The number of halogens is 1. The zero-order valence-corrected chi connectivity index (χ0v) is 23.3. The van der Waals surface area contributed by atoms with Gasteiger partial charge in [0.2, 0.25) is 5.95 Å². The van der Waals surface area contributed by atoms with Crippen LogP contribution in [-0.2, 0) is 6.54 Å². The summed E-state index contributed by atoms with van der Waals surface area (Å²) in [5.41, 5.74) is 4.77. The average molecular weight is 540 g/mol. The maximum atomic E-state index is 10.1. The molecule has 3 aromatic rings. The molecular formula is C29H42ClN7O. The highest BCUT2D eigenvalue weighted by Gasteiger charge is 2.28. The molecule has 4 heterocycles. The molecule has 0 spiro atoms. The first-order valence-corrected chi connectivity index (χ1v) is 14.2. The van der Waals surface area contributed by atoms with Crippen LogP contribution in [0.1, 0.15) is 50.6 Å². The largest absolute Gasteiger partial charge is 0.393 e. The lowest BCUT2D eigenvalue weighted by atomic mass is 9.93. The molecule has 3 fully saturated rings. The number of hydrogen-bond acceptors (Lipinski definition) is 7. The first-order valence-electron chi connectivity index (χ1n) is 14.2. The van der Waals surface area contributed by atoms with E-state index >= 15 is 0 Å². The molecule has 3 N–H and O–H groups in total. The van der Waals surface area contributed by atoms with Gasteiger partial charge in [-0.2, -0.15) is 4.98 Å². The predicted molar refractivity (Wildman–Crippen MR) is 156 cm³/mol. The fourth-order valence-corrected chi connectivity index (χ4v) is 6.06. The van der Waals surface area contributed by atoms with Crippen LogP contribution in [0, 0.1) is 0 Å². The minimum atomic E-state index is -0.167. The third-order valence-electron chi connectivity index (χ3n) is 8.52. The molecule has 2 aromatic heterocycles. The lowest BCUT2D eigenvalue weighted by Crippen LogP contribution is -2.61. The van der Waals surface area contributed by atoms with Crippen LogP contribution in [0.15, 0.2) is 36.7 Å². The lowest BCUT2D eigenvalue weighted by Gasteiger charge is -2.43. The average Bonchev–Trinajstić information content (AvgIpc) is 3.27. The van der Waals surface area contributed by atoms with Gasteiger partial charge in [-0.1, -0.05) is 31.2 Å². The Hall–Kier alpha value is -2.23. The molecule has 2 saturated heterocycles. The van der Waals surface area contributed by atoms with Gasteiger partial charge in [0, 0.05) is 87.8 Å². The van der Waals surface area contributed by atoms with E-state index in [0.29, 0.717) is 12.0 Å². The number of rotatable bonds is 8. The molecule has 0 unspecified atom stereocenters. The van der Waals surface area contributed by atoms with E-state index in [1.807, 2.05) is 6.20 Å². The molecule has 6 rings (SSSR count). The SMILES string of the molecule is CCCNc1ncc2c(-c3ccc(CN4CCN(C5CNC5)CC4)cc3)cn(C3CCC(O)CC3)c2n1.Cl. The molecule has 1 aliphatic carbocycles. The summed E-state index contributed by atoms with van der Waals surface area (Å²) in [6, 6.07) is 10.2. The first-order chi connectivity index (χ1) is 18.2. The highest BCUT2D eigenvalue weighted by atomic mass is 35.5. The molecule has 1 saturated carbocycles. The molecule has 8 nitrogen and oxygen atoms in total. The molecular weight excluding hydrogens is 498 g/mol. The zero-order valence-electron chi connectivity index (χ0n) is 22.5. The summed E-state index contributed by atoms with van der Waals surface area (Å²) in [5.74, 6) is 0.695. The third-order valence-corrected chi connectivity index (χ3v) is 8.52. The number of nitrogens with one attached hydrogen (secondary N) is 2. The van der Waals surface area contributed by atoms with Crippen LogP contribution in [0.3, 0.4) is 0 Å². The number of anilines is 1. The summed E-state index contributed by atoms with van der Waals surface area (Å²) in [4.78, 5) is 14.8. The monoisotopic (exact) mass is 539 g/mol. The van der Waals surface area contributed by atoms with Crippen molar-refractivity contribution in [2.75, 3.05) is 51.1 Å². The Balaban J connectivity index is 0.00000294. The van der Waals surface area contributed by atoms with Crippen molar-refractivity contribution >= 4 is 29.4 Å². The van der Waals surface area contributed by atoms with Crippen molar-refractivity contribution in [3.63, 3.8) is 0 Å². The lowest BCUT2D eigenvalue weighted by molar-refractivity contribution is 0.0696. The summed E-state index contributed by atoms with van der Waals surface area (Å²) < 4.78 is 2.35. The number of aliphatic hydroxyl groups is 1. The maximum Gasteiger partial charge on any atom is 0.224 e. The van der Waals surface area contributed by atoms with Crippen molar-refractivity contribution in [3.05, 3.63) is 42.2 Å². The fourth-order valence-electron chi connectivity index (χ4n) is 6.06. The van der Waals surface area contributed by atoms with Crippen molar-refractivity contribution < 1.29 is 5.11 Å². The number of benzene rings is 1. The van der Waals surface area contributed by atoms with Gasteiger partial charge >= 0.3 is 0 Å². The summed E-state index contributed by atoms with van der Waals surface area (Å²) in [5, 5.41) is 17.9. The minimum Gasteiger partial charge on any atom is -0.393 e. The van der Waals surface area contributed by atoms with Gasteiger partial charge in [-0.25, -0.2) is 4.98 Å². The van der Waals surface area contributed by atoms with E-state index in [-0.39, 0.29) is 18.5 Å². The van der Waals surface area contributed by atoms with E-state index in [1.54, 1.807) is 0 Å². The van der Waals surface area contributed by atoms with Crippen LogP contribution in [0.2, 0.25) is 0 Å². The Morgan fingerprint density at radius 2 is 1.74 bits per heavy atom. The standard InChI is InChI=1S/C29H41N7O.ClH/c1-2-11-31-29-32-18-26-27(20-36(28(26)33-29)23-7-9-25(37)10-8-23)22-5-3-21(4-6-22)19-34-12-14-35(15-13-34)24-16-30-17-24;/h3-6,18,20,23-25,30,37H,2,7-17,19H2,1H3,(H,31,32,33);1H. The predicted octanol–water partition coefficient (Wildman–Crippen LogP) is 3.91. The molecule has 9 heteroatoms. The van der Waals surface area contributed by atoms with E-state index in [0.717, 1.165) is 88.4 Å². The van der Waals surface area contributed by atoms with Gasteiger partial charge in [0.25, 0.3) is 0 Å². The highest BCUT2D eigenvalue weighted by molar-refractivity contribution is 5.94. The molecule has 0 radical (unpaired) electrons. The van der Waals surface area contributed by atoms with E-state index < -0.39 is 0 Å². The number of fused-ring (bicyclic) bond motifs is 1. The Kier molecular flexibility index (Phi) is 8.85. The van der Waals surface area contributed by atoms with E-state index in [9.17, 15) is 5.11 Å². The number of hydrogen-bond donors (Lipinski definition) is 3. The molecule has 0 atom stereocenters. The van der Waals surface area contributed by atoms with Crippen molar-refractivity contribution in [1.29, 1.82) is 0 Å². The molecule has 3 aliphatic rings. The molecule has 206 valence electrons. The van der Waals surface area contributed by atoms with Crippen LogP contribution >= 0.6 is 12.4 Å². The normalized spacial score (nSPS) is 23.2. The molecule has 38 heavy (non-hydrogen) atoms. The molecule has 2 aliphatic heterocycles. The van der Waals surface area contributed by atoms with Crippen LogP contribution in [-0.4, -0.2) is 87.4 Å². The van der Waals surface area contributed by atoms with Crippen molar-refractivity contribution in [3.8, 4) is 11.1 Å². The summed E-state index contributed by atoms with van der Waals surface area (Å²) in [6.45, 7) is 11.0. The van der Waals surface area contributed by atoms with Gasteiger partial charge in [0.05, 0.1) is 6.10 Å². The summed E-state index contributed by atoms with van der Waals surface area (Å²) >= 11 is 0. The molecule has 0 amide bonds. The topological polar surface area (TPSA) is 81.5 Å². The van der Waals surface area contributed by atoms with E-state index in [2.05, 4.69) is 67.4 Å². The second-order valence-electron chi connectivity index (χ2n) is 11.1. The van der Waals surface area contributed by atoms with E-state index in [4.69, 9.17) is 4.98 Å². The van der Waals surface area contributed by atoms with E-state index in [1.165, 1.54) is 29.8 Å². The molecule has 1 aromatic carbocycles. The summed E-state index contributed by atoms with van der Waals surface area (Å²) in [7, 11) is 0. The van der Waals surface area contributed by atoms with Gasteiger partial charge in [-0.05, 0) is 43.2 Å². The van der Waals surface area contributed by atoms with Gasteiger partial charge in [0.15, 0.2) is 0 Å². The maximum absolute atomic E-state index is 10.1. The van der Waals surface area contributed by atoms with Gasteiger partial charge < -0.3 is 20.3 Å².